The summed E-state index contributed by atoms with van der Waals surface area (Å²) in [5.74, 6) is -1.50. The quantitative estimate of drug-likeness (QED) is 0.368. The zero-order valence-corrected chi connectivity index (χ0v) is 16.2. The van der Waals surface area contributed by atoms with Gasteiger partial charge in [-0.25, -0.2) is 9.59 Å². The summed E-state index contributed by atoms with van der Waals surface area (Å²) in [6.07, 6.45) is 2.80. The van der Waals surface area contributed by atoms with E-state index >= 15 is 0 Å². The second kappa shape index (κ2) is 8.56. The summed E-state index contributed by atoms with van der Waals surface area (Å²) in [5, 5.41) is 9.58. The number of rotatable bonds is 7. The number of ketones is 1. The Labute approximate surface area is 167 Å². The lowest BCUT2D eigenvalue weighted by molar-refractivity contribution is 0.0696. The van der Waals surface area contributed by atoms with Crippen molar-refractivity contribution in [3.8, 4) is 0 Å². The lowest BCUT2D eigenvalue weighted by Crippen LogP contribution is -2.21. The van der Waals surface area contributed by atoms with E-state index in [9.17, 15) is 14.4 Å². The minimum atomic E-state index is -1.02. The highest BCUT2D eigenvalue weighted by Crippen LogP contribution is 2.22. The van der Waals surface area contributed by atoms with Crippen LogP contribution in [0.2, 0.25) is 0 Å². The molecular weight excluding hydrogens is 370 g/mol. The predicted octanol–water partition coefficient (Wildman–Crippen LogP) is 4.23. The van der Waals surface area contributed by atoms with Crippen LogP contribution in [0.3, 0.4) is 0 Å². The minimum Gasteiger partial charge on any atom is -0.478 e. The summed E-state index contributed by atoms with van der Waals surface area (Å²) in [4.78, 5) is 37.8. The fourth-order valence-electron chi connectivity index (χ4n) is 3.06. The van der Waals surface area contributed by atoms with E-state index in [0.29, 0.717) is 16.5 Å². The van der Waals surface area contributed by atoms with Gasteiger partial charge in [0.15, 0.2) is 5.78 Å². The molecule has 0 bridgehead atoms. The molecule has 0 saturated heterocycles. The molecule has 3 aromatic rings. The van der Waals surface area contributed by atoms with Crippen molar-refractivity contribution in [2.75, 3.05) is 18.0 Å². The number of carboxylic acid groups (broad SMARTS) is 1. The van der Waals surface area contributed by atoms with E-state index in [1.165, 1.54) is 30.4 Å². The van der Waals surface area contributed by atoms with Crippen LogP contribution in [-0.2, 0) is 0 Å². The van der Waals surface area contributed by atoms with Crippen LogP contribution in [-0.4, -0.2) is 29.9 Å². The van der Waals surface area contributed by atoms with Gasteiger partial charge in [-0.15, -0.1) is 0 Å². The van der Waals surface area contributed by atoms with Crippen LogP contribution >= 0.6 is 0 Å². The average Bonchev–Trinajstić information content (AvgIpc) is 2.72. The predicted molar refractivity (Wildman–Crippen MR) is 113 cm³/mol. The van der Waals surface area contributed by atoms with Crippen molar-refractivity contribution in [1.29, 1.82) is 0 Å². The van der Waals surface area contributed by atoms with Crippen LogP contribution in [0.25, 0.3) is 17.0 Å². The second-order valence-corrected chi connectivity index (χ2v) is 6.47. The molecule has 0 spiro atoms. The number of allylic oxidation sites excluding steroid dienone is 1. The molecule has 0 aliphatic carbocycles. The Morgan fingerprint density at radius 2 is 1.72 bits per heavy atom. The first-order valence-electron chi connectivity index (χ1n) is 9.31. The van der Waals surface area contributed by atoms with Crippen molar-refractivity contribution in [3.05, 3.63) is 81.7 Å². The summed E-state index contributed by atoms with van der Waals surface area (Å²) in [6.45, 7) is 5.77. The average molecular weight is 391 g/mol. The summed E-state index contributed by atoms with van der Waals surface area (Å²) in [5.41, 5.74) is 1.46. The molecule has 1 N–H and O–H groups in total. The molecule has 6 heteroatoms. The van der Waals surface area contributed by atoms with E-state index in [2.05, 4.69) is 4.90 Å². The summed E-state index contributed by atoms with van der Waals surface area (Å²) >= 11 is 0. The highest BCUT2D eigenvalue weighted by molar-refractivity contribution is 6.07. The van der Waals surface area contributed by atoms with E-state index in [0.717, 1.165) is 18.8 Å². The lowest BCUT2D eigenvalue weighted by Gasteiger charge is -2.20. The number of nitrogens with zero attached hydrogens (tertiary/aromatic N) is 1. The molecule has 2 aromatic carbocycles. The molecule has 0 fully saturated rings. The Hall–Kier alpha value is -3.67. The third-order valence-corrected chi connectivity index (χ3v) is 4.70. The first-order chi connectivity index (χ1) is 13.9. The van der Waals surface area contributed by atoms with E-state index in [1.807, 2.05) is 26.0 Å². The van der Waals surface area contributed by atoms with Crippen molar-refractivity contribution >= 4 is 34.5 Å². The molecule has 0 saturated carbocycles. The Morgan fingerprint density at radius 1 is 1.03 bits per heavy atom. The zero-order chi connectivity index (χ0) is 21.0. The second-order valence-electron chi connectivity index (χ2n) is 6.47. The third kappa shape index (κ3) is 4.43. The normalized spacial score (nSPS) is 11.1. The van der Waals surface area contributed by atoms with Crippen LogP contribution in [0.1, 0.15) is 40.1 Å². The van der Waals surface area contributed by atoms with Crippen LogP contribution in [0.5, 0.6) is 0 Å². The van der Waals surface area contributed by atoms with E-state index in [1.54, 1.807) is 18.2 Å². The van der Waals surface area contributed by atoms with E-state index in [-0.39, 0.29) is 11.1 Å². The lowest BCUT2D eigenvalue weighted by atomic mass is 10.1. The number of hydrogen-bond donors (Lipinski definition) is 1. The smallest absolute Gasteiger partial charge is 0.347 e. The van der Waals surface area contributed by atoms with Gasteiger partial charge in [-0.3, -0.25) is 4.79 Å². The van der Waals surface area contributed by atoms with Gasteiger partial charge in [0.25, 0.3) is 0 Å². The van der Waals surface area contributed by atoms with Gasteiger partial charge in [0.2, 0.25) is 0 Å². The maximum atomic E-state index is 12.5. The van der Waals surface area contributed by atoms with Gasteiger partial charge >= 0.3 is 11.6 Å². The van der Waals surface area contributed by atoms with Crippen LogP contribution in [0.4, 0.5) is 5.69 Å². The van der Waals surface area contributed by atoms with Crippen LogP contribution in [0.15, 0.2) is 63.8 Å². The van der Waals surface area contributed by atoms with Crippen molar-refractivity contribution in [3.63, 3.8) is 0 Å². The highest BCUT2D eigenvalue weighted by atomic mass is 16.4. The van der Waals surface area contributed by atoms with Gasteiger partial charge in [0.05, 0.1) is 5.56 Å². The molecule has 0 amide bonds. The molecule has 0 radical (unpaired) electrons. The summed E-state index contributed by atoms with van der Waals surface area (Å²) in [6, 6.07) is 13.2. The topological polar surface area (TPSA) is 87.8 Å². The number of carbonyl (C=O) groups is 2. The van der Waals surface area contributed by atoms with Gasteiger partial charge in [0.1, 0.15) is 11.1 Å². The number of fused-ring (bicyclic) bond motifs is 1. The number of carboxylic acids is 1. The molecule has 148 valence electrons. The van der Waals surface area contributed by atoms with Crippen molar-refractivity contribution in [1.82, 2.24) is 0 Å². The van der Waals surface area contributed by atoms with Crippen molar-refractivity contribution in [2.24, 2.45) is 0 Å². The first-order valence-corrected chi connectivity index (χ1v) is 9.31. The molecule has 29 heavy (non-hydrogen) atoms. The summed E-state index contributed by atoms with van der Waals surface area (Å²) < 4.78 is 5.39. The molecule has 0 aliphatic rings. The number of hydrogen-bond acceptors (Lipinski definition) is 5. The van der Waals surface area contributed by atoms with Gasteiger partial charge in [-0.1, -0.05) is 18.2 Å². The molecule has 1 aromatic heterocycles. The standard InChI is InChI=1S/C23H21NO5/c1-3-24(4-2)18-11-10-17-13-19(23(28)29-21(17)14-18)20(25)12-7-15-5-8-16(9-6-15)22(26)27/h5-14H,3-4H2,1-2H3,(H,26,27)/b12-7+. The number of benzene rings is 2. The van der Waals surface area contributed by atoms with Crippen LogP contribution in [0, 0.1) is 0 Å². The Balaban J connectivity index is 1.87. The van der Waals surface area contributed by atoms with E-state index in [4.69, 9.17) is 9.52 Å². The van der Waals surface area contributed by atoms with Crippen molar-refractivity contribution < 1.29 is 19.1 Å². The van der Waals surface area contributed by atoms with Gasteiger partial charge in [0, 0.05) is 30.2 Å². The SMILES string of the molecule is CCN(CC)c1ccc2cc(C(=O)/C=C/c3ccc(C(=O)O)cc3)c(=O)oc2c1. The Morgan fingerprint density at radius 3 is 2.34 bits per heavy atom. The zero-order valence-electron chi connectivity index (χ0n) is 16.2. The van der Waals surface area contributed by atoms with Crippen molar-refractivity contribution in [2.45, 2.75) is 13.8 Å². The molecular formula is C23H21NO5. The minimum absolute atomic E-state index is 0.0495. The number of carbonyl (C=O) groups excluding carboxylic acids is 1. The fourth-order valence-corrected chi connectivity index (χ4v) is 3.06. The molecule has 6 nitrogen and oxygen atoms in total. The van der Waals surface area contributed by atoms with Crippen LogP contribution < -0.4 is 10.5 Å². The molecule has 0 atom stereocenters. The fraction of sp³-hybridized carbons (Fsp3) is 0.174. The number of aromatic carboxylic acids is 1. The van der Waals surface area contributed by atoms with E-state index < -0.39 is 17.4 Å². The van der Waals surface area contributed by atoms with Gasteiger partial charge in [-0.05, 0) is 55.8 Å². The third-order valence-electron chi connectivity index (χ3n) is 4.70. The van der Waals surface area contributed by atoms with Gasteiger partial charge in [-0.2, -0.15) is 0 Å². The molecule has 1 heterocycles. The maximum Gasteiger partial charge on any atom is 0.347 e. The van der Waals surface area contributed by atoms with Gasteiger partial charge < -0.3 is 14.4 Å². The Kier molecular flexibility index (Phi) is 5.93. The largest absolute Gasteiger partial charge is 0.478 e. The maximum absolute atomic E-state index is 12.5. The molecule has 0 aliphatic heterocycles. The highest BCUT2D eigenvalue weighted by Gasteiger charge is 2.13. The molecule has 0 unspecified atom stereocenters. The Bertz CT molecular complexity index is 1140. The number of anilines is 1. The monoisotopic (exact) mass is 391 g/mol. The summed E-state index contributed by atoms with van der Waals surface area (Å²) in [7, 11) is 0. The first kappa shape index (κ1) is 20.1. The molecule has 3 rings (SSSR count).